The van der Waals surface area contributed by atoms with Crippen LogP contribution in [-0.4, -0.2) is 26.0 Å². The van der Waals surface area contributed by atoms with E-state index >= 15 is 0 Å². The van der Waals surface area contributed by atoms with E-state index in [4.69, 9.17) is 0 Å². The molecule has 0 spiro atoms. The van der Waals surface area contributed by atoms with Crippen molar-refractivity contribution < 1.29 is 4.79 Å². The minimum atomic E-state index is -0.357. The van der Waals surface area contributed by atoms with Gasteiger partial charge in [0.25, 0.3) is 0 Å². The number of halogens is 1. The molecular formula is C12H13BrN6O. The Morgan fingerprint density at radius 1 is 1.10 bits per heavy atom. The highest BCUT2D eigenvalue weighted by Crippen LogP contribution is 2.05. The first-order chi connectivity index (χ1) is 9.67. The molecule has 104 valence electrons. The third kappa shape index (κ3) is 4.23. The number of rotatable bonds is 4. The van der Waals surface area contributed by atoms with Crippen molar-refractivity contribution in [3.63, 3.8) is 0 Å². The fourth-order valence-electron chi connectivity index (χ4n) is 1.37. The van der Waals surface area contributed by atoms with E-state index in [2.05, 4.69) is 46.5 Å². The van der Waals surface area contributed by atoms with Gasteiger partial charge in [0, 0.05) is 18.8 Å². The summed E-state index contributed by atoms with van der Waals surface area (Å²) >= 11 is 3.24. The molecule has 2 aromatic rings. The number of urea groups is 1. The van der Waals surface area contributed by atoms with Crippen LogP contribution in [0.4, 0.5) is 10.5 Å². The number of amides is 2. The first-order valence-electron chi connectivity index (χ1n) is 5.99. The van der Waals surface area contributed by atoms with Gasteiger partial charge in [-0.15, -0.1) is 0 Å². The van der Waals surface area contributed by atoms with E-state index in [0.29, 0.717) is 11.5 Å². The van der Waals surface area contributed by atoms with Gasteiger partial charge in [-0.2, -0.15) is 0 Å². The number of nitrogens with one attached hydrogen (secondary N) is 2. The van der Waals surface area contributed by atoms with E-state index in [-0.39, 0.29) is 12.6 Å². The van der Waals surface area contributed by atoms with Gasteiger partial charge in [0.1, 0.15) is 11.6 Å². The molecule has 2 aromatic heterocycles. The van der Waals surface area contributed by atoms with Crippen molar-refractivity contribution in [2.24, 2.45) is 0 Å². The van der Waals surface area contributed by atoms with Crippen molar-refractivity contribution in [2.45, 2.75) is 19.9 Å². The third-order valence-electron chi connectivity index (χ3n) is 2.36. The summed E-state index contributed by atoms with van der Waals surface area (Å²) in [4.78, 5) is 28.0. The average Bonchev–Trinajstić information content (AvgIpc) is 2.47. The van der Waals surface area contributed by atoms with E-state index in [1.165, 1.54) is 0 Å². The van der Waals surface area contributed by atoms with Gasteiger partial charge in [-0.05, 0) is 15.9 Å². The maximum atomic E-state index is 11.7. The predicted molar refractivity (Wildman–Crippen MR) is 77.0 cm³/mol. The molecule has 0 saturated heterocycles. The Kier molecular flexibility index (Phi) is 4.94. The first-order valence-corrected chi connectivity index (χ1v) is 6.79. The van der Waals surface area contributed by atoms with Crippen LogP contribution in [0.15, 0.2) is 29.3 Å². The minimum absolute atomic E-state index is 0.243. The number of aromatic nitrogens is 4. The normalized spacial score (nSPS) is 10.1. The van der Waals surface area contributed by atoms with E-state index in [1.54, 1.807) is 24.8 Å². The Balaban J connectivity index is 1.84. The van der Waals surface area contributed by atoms with Gasteiger partial charge in [0.15, 0.2) is 0 Å². The molecule has 0 aromatic carbocycles. The second-order valence-electron chi connectivity index (χ2n) is 3.87. The number of carbonyl (C=O) groups is 1. The van der Waals surface area contributed by atoms with Crippen LogP contribution in [-0.2, 0) is 13.0 Å². The van der Waals surface area contributed by atoms with Gasteiger partial charge in [0.05, 0.1) is 29.1 Å². The van der Waals surface area contributed by atoms with Gasteiger partial charge < -0.3 is 10.6 Å². The van der Waals surface area contributed by atoms with Crippen LogP contribution in [0.2, 0.25) is 0 Å². The molecule has 7 nitrogen and oxygen atoms in total. The molecule has 0 aliphatic carbocycles. The first kappa shape index (κ1) is 14.3. The number of anilines is 1. The molecule has 8 heteroatoms. The number of aryl methyl sites for hydroxylation is 1. The lowest BCUT2D eigenvalue weighted by atomic mass is 10.4. The number of nitrogens with zero attached hydrogens (tertiary/aromatic N) is 4. The van der Waals surface area contributed by atoms with Crippen molar-refractivity contribution in [2.75, 3.05) is 5.32 Å². The molecular weight excluding hydrogens is 324 g/mol. The molecule has 0 fully saturated rings. The van der Waals surface area contributed by atoms with E-state index in [9.17, 15) is 4.79 Å². The highest BCUT2D eigenvalue weighted by Gasteiger charge is 2.04. The van der Waals surface area contributed by atoms with Crippen molar-refractivity contribution in [1.82, 2.24) is 25.3 Å². The Labute approximate surface area is 124 Å². The van der Waals surface area contributed by atoms with Gasteiger partial charge in [0.2, 0.25) is 0 Å². The summed E-state index contributed by atoms with van der Waals surface area (Å²) in [6, 6.07) is -0.357. The number of hydrogen-bond donors (Lipinski definition) is 2. The molecule has 0 atom stereocenters. The fourth-order valence-corrected chi connectivity index (χ4v) is 1.57. The molecule has 0 saturated carbocycles. The van der Waals surface area contributed by atoms with E-state index < -0.39 is 0 Å². The number of hydrogen-bond acceptors (Lipinski definition) is 5. The van der Waals surface area contributed by atoms with Crippen LogP contribution in [0.5, 0.6) is 0 Å². The lowest BCUT2D eigenvalue weighted by Gasteiger charge is -2.06. The lowest BCUT2D eigenvalue weighted by Crippen LogP contribution is -2.29. The standard InChI is InChI=1S/C12H13BrN6O/c1-2-10-16-5-9(6-17-10)19-12(20)18-7-11-14-3-8(13)4-15-11/h3-6H,2,7H2,1H3,(H2,18,19,20). The van der Waals surface area contributed by atoms with Crippen LogP contribution in [0.3, 0.4) is 0 Å². The molecule has 2 rings (SSSR count). The summed E-state index contributed by atoms with van der Waals surface area (Å²) in [5.74, 6) is 1.26. The van der Waals surface area contributed by atoms with Crippen molar-refractivity contribution in [3.05, 3.63) is 40.9 Å². The predicted octanol–water partition coefficient (Wildman–Crippen LogP) is 1.91. The molecule has 2 heterocycles. The van der Waals surface area contributed by atoms with Crippen molar-refractivity contribution in [1.29, 1.82) is 0 Å². The fraction of sp³-hybridized carbons (Fsp3) is 0.250. The smallest absolute Gasteiger partial charge is 0.319 e. The molecule has 0 radical (unpaired) electrons. The summed E-state index contributed by atoms with van der Waals surface area (Å²) in [5.41, 5.74) is 0.538. The maximum Gasteiger partial charge on any atom is 0.319 e. The Hall–Kier alpha value is -2.09. The minimum Gasteiger partial charge on any atom is -0.331 e. The lowest BCUT2D eigenvalue weighted by molar-refractivity contribution is 0.251. The largest absolute Gasteiger partial charge is 0.331 e. The summed E-state index contributed by atoms with van der Waals surface area (Å²) in [6.45, 7) is 2.21. The van der Waals surface area contributed by atoms with Gasteiger partial charge in [-0.1, -0.05) is 6.92 Å². The van der Waals surface area contributed by atoms with Gasteiger partial charge in [-0.3, -0.25) is 0 Å². The SMILES string of the molecule is CCc1ncc(NC(=O)NCc2ncc(Br)cn2)cn1. The van der Waals surface area contributed by atoms with Crippen LogP contribution in [0, 0.1) is 0 Å². The molecule has 2 amide bonds. The van der Waals surface area contributed by atoms with Gasteiger partial charge in [-0.25, -0.2) is 24.7 Å². The zero-order valence-corrected chi connectivity index (χ0v) is 12.4. The van der Waals surface area contributed by atoms with E-state index in [1.807, 2.05) is 6.92 Å². The second-order valence-corrected chi connectivity index (χ2v) is 4.78. The number of carbonyl (C=O) groups excluding carboxylic acids is 1. The molecule has 2 N–H and O–H groups in total. The van der Waals surface area contributed by atoms with Crippen molar-refractivity contribution in [3.8, 4) is 0 Å². The Morgan fingerprint density at radius 3 is 2.30 bits per heavy atom. The Bertz CT molecular complexity index is 572. The summed E-state index contributed by atoms with van der Waals surface area (Å²) in [5, 5.41) is 5.28. The maximum absolute atomic E-state index is 11.7. The zero-order valence-electron chi connectivity index (χ0n) is 10.8. The van der Waals surface area contributed by atoms with Crippen LogP contribution in [0.25, 0.3) is 0 Å². The van der Waals surface area contributed by atoms with Crippen LogP contribution >= 0.6 is 15.9 Å². The summed E-state index contributed by atoms with van der Waals surface area (Å²) in [6.07, 6.45) is 7.15. The molecule has 20 heavy (non-hydrogen) atoms. The highest BCUT2D eigenvalue weighted by molar-refractivity contribution is 9.10. The topological polar surface area (TPSA) is 92.7 Å². The van der Waals surface area contributed by atoms with Crippen LogP contribution in [0.1, 0.15) is 18.6 Å². The highest BCUT2D eigenvalue weighted by atomic mass is 79.9. The molecule has 0 aliphatic heterocycles. The quantitative estimate of drug-likeness (QED) is 0.889. The Morgan fingerprint density at radius 2 is 1.70 bits per heavy atom. The molecule has 0 unspecified atom stereocenters. The second kappa shape index (κ2) is 6.90. The molecule has 0 aliphatic rings. The van der Waals surface area contributed by atoms with Crippen LogP contribution < -0.4 is 10.6 Å². The van der Waals surface area contributed by atoms with Gasteiger partial charge >= 0.3 is 6.03 Å². The third-order valence-corrected chi connectivity index (χ3v) is 2.77. The zero-order chi connectivity index (χ0) is 14.4. The van der Waals surface area contributed by atoms with E-state index in [0.717, 1.165) is 16.7 Å². The molecule has 0 bridgehead atoms. The van der Waals surface area contributed by atoms with Crippen molar-refractivity contribution >= 4 is 27.6 Å². The average molecular weight is 337 g/mol. The summed E-state index contributed by atoms with van der Waals surface area (Å²) < 4.78 is 0.791. The summed E-state index contributed by atoms with van der Waals surface area (Å²) in [7, 11) is 0. The monoisotopic (exact) mass is 336 g/mol.